The Kier molecular flexibility index (Phi) is 18.0. The molecule has 0 saturated carbocycles. The first-order chi connectivity index (χ1) is 27.8. The van der Waals surface area contributed by atoms with Gasteiger partial charge in [0, 0.05) is 22.1 Å². The van der Waals surface area contributed by atoms with E-state index in [0.717, 1.165) is 24.3 Å². The van der Waals surface area contributed by atoms with Crippen LogP contribution in [0.15, 0.2) is 113 Å². The Hall–Kier alpha value is -4.13. The van der Waals surface area contributed by atoms with Gasteiger partial charge in [0.25, 0.3) is 0 Å². The fourth-order valence-corrected chi connectivity index (χ4v) is 8.31. The van der Waals surface area contributed by atoms with Crippen molar-refractivity contribution in [2.24, 2.45) is 20.5 Å². The molecule has 0 aliphatic rings. The van der Waals surface area contributed by atoms with Gasteiger partial charge in [-0.15, -0.1) is 20.5 Å². The Balaban J connectivity index is 0.00000352. The van der Waals surface area contributed by atoms with E-state index in [1.807, 2.05) is 0 Å². The van der Waals surface area contributed by atoms with Gasteiger partial charge in [-0.2, -0.15) is 0 Å². The third-order valence-corrected chi connectivity index (χ3v) is 12.0. The van der Waals surface area contributed by atoms with E-state index in [1.165, 1.54) is 50.6 Å². The second-order valence-corrected chi connectivity index (χ2v) is 17.8. The topological polar surface area (TPSA) is 389 Å². The van der Waals surface area contributed by atoms with Crippen molar-refractivity contribution in [3.8, 4) is 34.1 Å². The molecule has 0 saturated heterocycles. The van der Waals surface area contributed by atoms with Gasteiger partial charge in [0.15, 0.2) is 11.5 Å². The largest absolute Gasteiger partial charge is 1.00 e. The van der Waals surface area contributed by atoms with E-state index in [0.29, 0.717) is 23.3 Å². The number of azo groups is 2. The molecule has 6 rings (SSSR count). The number of anilines is 2. The van der Waals surface area contributed by atoms with Gasteiger partial charge in [-0.3, -0.25) is 0 Å². The van der Waals surface area contributed by atoms with Crippen LogP contribution in [0.2, 0.25) is 0 Å². The van der Waals surface area contributed by atoms with Crippen LogP contribution in [0, 0.1) is 0 Å². The van der Waals surface area contributed by atoms with Gasteiger partial charge in [0.05, 0.1) is 33.8 Å². The quantitative estimate of drug-likeness (QED) is 0.0406. The van der Waals surface area contributed by atoms with Crippen LogP contribution >= 0.6 is 0 Å². The zero-order chi connectivity index (χ0) is 44.3. The number of hydrogen-bond donors (Lipinski definition) is 4. The van der Waals surface area contributed by atoms with Gasteiger partial charge < -0.3 is 49.4 Å². The minimum Gasteiger partial charge on any atom is -0.744 e. The Bertz CT molecular complexity index is 3140. The summed E-state index contributed by atoms with van der Waals surface area (Å²) in [4.78, 5) is -3.93. The van der Waals surface area contributed by atoms with Crippen LogP contribution in [-0.2, 0) is 40.5 Å². The minimum absolute atomic E-state index is 0. The Morgan fingerprint density at radius 3 is 1.09 bits per heavy atom. The molecule has 0 atom stereocenters. The van der Waals surface area contributed by atoms with Crippen molar-refractivity contribution in [2.45, 2.75) is 19.6 Å². The fourth-order valence-electron chi connectivity index (χ4n) is 5.93. The number of nitrogens with two attached hydrogens (primary N) is 2. The molecule has 64 heavy (non-hydrogen) atoms. The molecule has 0 aliphatic heterocycles. The Morgan fingerprint density at radius 1 is 0.484 bits per heavy atom. The first-order valence-electron chi connectivity index (χ1n) is 16.1. The van der Waals surface area contributed by atoms with Crippen molar-refractivity contribution in [1.82, 2.24) is 0 Å². The van der Waals surface area contributed by atoms with Crippen LogP contribution in [0.1, 0.15) is 0 Å². The SMILES string of the molecule is COc1cc(-c2ccc(N=Nc3c(S(=O)(=O)[O-])cc4cc(S(=O)(=O)[O-])cc(N)c4c3O)c(OC)c2)ccc1N=Nc1c(S(=O)(=O)[O-])cc2cc(S(=O)(=O)[O-])cc(N)c2c1O.[Li+].[Li+].[Li+].[Li+]. The molecule has 314 valence electrons. The maximum Gasteiger partial charge on any atom is 1.00 e. The number of aromatic hydroxyl groups is 2. The smallest absolute Gasteiger partial charge is 0.744 e. The number of hydrogen-bond acceptors (Lipinski definition) is 22. The minimum atomic E-state index is -5.40. The van der Waals surface area contributed by atoms with Crippen molar-refractivity contribution in [3.05, 3.63) is 72.8 Å². The predicted molar refractivity (Wildman–Crippen MR) is 205 cm³/mol. The summed E-state index contributed by atoms with van der Waals surface area (Å²) in [6.07, 6.45) is 0. The van der Waals surface area contributed by atoms with Crippen LogP contribution in [-0.4, -0.2) is 76.3 Å². The maximum absolute atomic E-state index is 12.2. The molecule has 0 bridgehead atoms. The first kappa shape index (κ1) is 56.0. The predicted octanol–water partition coefficient (Wildman–Crippen LogP) is -7.28. The fraction of sp³-hybridized carbons (Fsp3) is 0.0588. The van der Waals surface area contributed by atoms with Crippen LogP contribution < -0.4 is 96.4 Å². The number of phenols is 2. The molecule has 30 heteroatoms. The van der Waals surface area contributed by atoms with Gasteiger partial charge in [-0.05, 0) is 82.6 Å². The van der Waals surface area contributed by atoms with E-state index >= 15 is 0 Å². The molecule has 0 fully saturated rings. The number of benzene rings is 6. The summed E-state index contributed by atoms with van der Waals surface area (Å²) in [5.74, 6) is -1.88. The summed E-state index contributed by atoms with van der Waals surface area (Å²) in [5.41, 5.74) is 9.88. The van der Waals surface area contributed by atoms with E-state index < -0.39 is 94.3 Å². The van der Waals surface area contributed by atoms with E-state index in [2.05, 4.69) is 20.5 Å². The number of nitrogens with zero attached hydrogens (tertiary/aromatic N) is 4. The van der Waals surface area contributed by atoms with Gasteiger partial charge in [-0.25, -0.2) is 33.7 Å². The molecule has 0 heterocycles. The van der Waals surface area contributed by atoms with Crippen molar-refractivity contribution in [1.29, 1.82) is 0 Å². The first-order valence-corrected chi connectivity index (χ1v) is 21.7. The number of rotatable bonds is 11. The Morgan fingerprint density at radius 2 is 0.812 bits per heavy atom. The van der Waals surface area contributed by atoms with Gasteiger partial charge >= 0.3 is 75.4 Å². The second kappa shape index (κ2) is 20.6. The summed E-state index contributed by atoms with van der Waals surface area (Å²) in [6, 6.07) is 12.9. The van der Waals surface area contributed by atoms with E-state index in [1.54, 1.807) is 0 Å². The third-order valence-electron chi connectivity index (χ3n) is 8.63. The van der Waals surface area contributed by atoms with Crippen LogP contribution in [0.25, 0.3) is 32.7 Å². The van der Waals surface area contributed by atoms with E-state index in [-0.39, 0.29) is 120 Å². The van der Waals surface area contributed by atoms with Crippen molar-refractivity contribution in [2.75, 3.05) is 25.7 Å². The van der Waals surface area contributed by atoms with Crippen molar-refractivity contribution >= 4 is 96.1 Å². The van der Waals surface area contributed by atoms with Gasteiger partial charge in [-0.1, -0.05) is 12.1 Å². The molecule has 0 unspecified atom stereocenters. The van der Waals surface area contributed by atoms with Crippen LogP contribution in [0.5, 0.6) is 23.0 Å². The average Bonchev–Trinajstić information content (AvgIpc) is 3.14. The summed E-state index contributed by atoms with van der Waals surface area (Å²) in [6.45, 7) is 0. The molecule has 6 N–H and O–H groups in total. The monoisotopic (exact) mass is 928 g/mol. The molecular formula is C34H24Li4N6O16S4. The number of phenolic OH excluding ortho intramolecular Hbond substituents is 2. The zero-order valence-electron chi connectivity index (χ0n) is 34.1. The van der Waals surface area contributed by atoms with Gasteiger partial charge in [0.1, 0.15) is 74.7 Å². The van der Waals surface area contributed by atoms with E-state index in [9.17, 15) is 62.1 Å². The standard InChI is InChI=1S/C34H28N6O16S4.4Li/c1-55-25-9-15(3-5-23(25)37-39-31-27(59(49,50)51)11-17-7-19(57(43,44)45)13-21(35)29(17)33(31)41)16-4-6-24(26(10-16)56-2)38-40-32-28(60(52,53)54)12-18-8-20(58(46,47)48)14-22(36)30(18)34(32)42;;;;/h3-14,41-42H,35-36H2,1-2H3,(H,43,44,45)(H,46,47,48)(H,49,50,51)(H,52,53,54);;;;/q;4*+1/p-4. The summed E-state index contributed by atoms with van der Waals surface area (Å²) >= 11 is 0. The van der Waals surface area contributed by atoms with Crippen LogP contribution in [0.3, 0.4) is 0 Å². The van der Waals surface area contributed by atoms with Gasteiger partial charge in [0.2, 0.25) is 0 Å². The molecule has 0 spiro atoms. The van der Waals surface area contributed by atoms with E-state index in [4.69, 9.17) is 20.9 Å². The molecule has 6 aromatic carbocycles. The molecule has 0 aliphatic carbocycles. The third kappa shape index (κ3) is 11.4. The number of methoxy groups -OCH3 is 2. The van der Waals surface area contributed by atoms with Crippen molar-refractivity contribution in [3.63, 3.8) is 0 Å². The molecule has 0 amide bonds. The molecule has 6 aromatic rings. The molecule has 0 aromatic heterocycles. The Labute approximate surface area is 412 Å². The normalized spacial score (nSPS) is 12.0. The number of nitrogen functional groups attached to an aromatic ring is 2. The summed E-state index contributed by atoms with van der Waals surface area (Å²) < 4.78 is 153. The molecule has 0 radical (unpaired) electrons. The van der Waals surface area contributed by atoms with Crippen LogP contribution in [0.4, 0.5) is 34.1 Å². The molecule has 22 nitrogen and oxygen atoms in total. The number of ether oxygens (including phenoxy) is 2. The summed E-state index contributed by atoms with van der Waals surface area (Å²) in [5, 5.41) is 36.0. The van der Waals surface area contributed by atoms with Crippen molar-refractivity contribution < 1.29 is 147 Å². The maximum atomic E-state index is 12.2. The summed E-state index contributed by atoms with van der Waals surface area (Å²) in [7, 11) is -18.5. The number of fused-ring (bicyclic) bond motifs is 2. The zero-order valence-corrected chi connectivity index (χ0v) is 37.4. The second-order valence-electron chi connectivity index (χ2n) is 12.4. The molecular weight excluding hydrogens is 904 g/mol. The average molecular weight is 929 g/mol.